The number of nitrogens with two attached hydrogens (primary N) is 1. The van der Waals surface area contributed by atoms with E-state index < -0.39 is 17.9 Å². The lowest BCUT2D eigenvalue weighted by molar-refractivity contribution is 0.0635. The number of benzene rings is 2. The van der Waals surface area contributed by atoms with Crippen LogP contribution in [0.4, 0.5) is 4.39 Å². The molecular formula is C18H15FN2O3S. The van der Waals surface area contributed by atoms with Crippen molar-refractivity contribution in [3.05, 3.63) is 65.0 Å². The molecule has 1 aliphatic heterocycles. The summed E-state index contributed by atoms with van der Waals surface area (Å²) in [6.07, 6.45) is 0. The molecule has 2 aromatic rings. The second-order valence-electron chi connectivity index (χ2n) is 5.68. The Balaban J connectivity index is 1.79. The summed E-state index contributed by atoms with van der Waals surface area (Å²) >= 11 is 4.88. The fourth-order valence-electron chi connectivity index (χ4n) is 2.55. The van der Waals surface area contributed by atoms with E-state index >= 15 is 0 Å². The molecule has 25 heavy (non-hydrogen) atoms. The first-order chi connectivity index (χ1) is 11.9. The van der Waals surface area contributed by atoms with E-state index in [4.69, 9.17) is 22.7 Å². The highest BCUT2D eigenvalue weighted by molar-refractivity contribution is 7.80. The van der Waals surface area contributed by atoms with Gasteiger partial charge in [-0.1, -0.05) is 24.4 Å². The topological polar surface area (TPSA) is 72.6 Å². The number of carbonyl (C=O) groups excluding carboxylic acids is 2. The number of amides is 2. The molecule has 1 heterocycles. The van der Waals surface area contributed by atoms with Gasteiger partial charge < -0.3 is 10.5 Å². The van der Waals surface area contributed by atoms with Gasteiger partial charge in [-0.05, 0) is 42.8 Å². The third-order valence-electron chi connectivity index (χ3n) is 4.01. The summed E-state index contributed by atoms with van der Waals surface area (Å²) in [5.41, 5.74) is 6.89. The smallest absolute Gasteiger partial charge is 0.262 e. The summed E-state index contributed by atoms with van der Waals surface area (Å²) in [4.78, 5) is 26.0. The summed E-state index contributed by atoms with van der Waals surface area (Å²) in [5.74, 6) is -0.760. The van der Waals surface area contributed by atoms with Gasteiger partial charge in [-0.15, -0.1) is 0 Å². The summed E-state index contributed by atoms with van der Waals surface area (Å²) in [6.45, 7) is 1.82. The summed E-state index contributed by atoms with van der Waals surface area (Å²) < 4.78 is 18.5. The second kappa shape index (κ2) is 6.60. The van der Waals surface area contributed by atoms with Crippen LogP contribution in [-0.4, -0.2) is 27.7 Å². The van der Waals surface area contributed by atoms with Crippen LogP contribution in [-0.2, 0) is 6.61 Å². The number of hydrogen-bond donors (Lipinski definition) is 1. The summed E-state index contributed by atoms with van der Waals surface area (Å²) in [5, 5.41) is 0. The maximum atomic E-state index is 12.9. The second-order valence-corrected chi connectivity index (χ2v) is 6.15. The van der Waals surface area contributed by atoms with E-state index in [1.165, 1.54) is 18.2 Å². The molecule has 0 saturated carbocycles. The van der Waals surface area contributed by atoms with E-state index in [-0.39, 0.29) is 23.0 Å². The maximum Gasteiger partial charge on any atom is 0.262 e. The molecule has 0 radical (unpaired) electrons. The van der Waals surface area contributed by atoms with Crippen LogP contribution < -0.4 is 10.5 Å². The van der Waals surface area contributed by atoms with Crippen LogP contribution in [0.2, 0.25) is 0 Å². The van der Waals surface area contributed by atoms with Crippen LogP contribution in [0, 0.1) is 5.82 Å². The van der Waals surface area contributed by atoms with Crippen LogP contribution in [0.3, 0.4) is 0 Å². The number of fused-ring (bicyclic) bond motifs is 1. The molecule has 2 amide bonds. The van der Waals surface area contributed by atoms with E-state index in [1.54, 1.807) is 31.2 Å². The van der Waals surface area contributed by atoms with Crippen molar-refractivity contribution < 1.29 is 18.7 Å². The van der Waals surface area contributed by atoms with Crippen molar-refractivity contribution in [3.8, 4) is 5.75 Å². The average molecular weight is 358 g/mol. The Labute approximate surface area is 149 Å². The zero-order valence-corrected chi connectivity index (χ0v) is 14.2. The highest BCUT2D eigenvalue weighted by Gasteiger charge is 2.39. The number of carbonyl (C=O) groups is 2. The van der Waals surface area contributed by atoms with Crippen molar-refractivity contribution in [2.75, 3.05) is 0 Å². The van der Waals surface area contributed by atoms with Gasteiger partial charge in [0.1, 0.15) is 18.2 Å². The first kappa shape index (κ1) is 17.0. The number of imide groups is 1. The molecule has 2 N–H and O–H groups in total. The Morgan fingerprint density at radius 1 is 1.16 bits per heavy atom. The first-order valence-electron chi connectivity index (χ1n) is 7.57. The van der Waals surface area contributed by atoms with Crippen molar-refractivity contribution in [2.24, 2.45) is 5.73 Å². The van der Waals surface area contributed by atoms with Crippen molar-refractivity contribution in [3.63, 3.8) is 0 Å². The van der Waals surface area contributed by atoms with Crippen molar-refractivity contribution in [2.45, 2.75) is 19.6 Å². The molecule has 0 fully saturated rings. The van der Waals surface area contributed by atoms with Gasteiger partial charge in [-0.2, -0.15) is 0 Å². The van der Waals surface area contributed by atoms with E-state index in [0.29, 0.717) is 11.3 Å². The van der Waals surface area contributed by atoms with E-state index in [9.17, 15) is 14.0 Å². The molecule has 0 spiro atoms. The van der Waals surface area contributed by atoms with Crippen molar-refractivity contribution in [1.82, 2.24) is 4.90 Å². The van der Waals surface area contributed by atoms with Gasteiger partial charge in [-0.25, -0.2) is 4.39 Å². The van der Waals surface area contributed by atoms with Crippen LogP contribution in [0.25, 0.3) is 0 Å². The molecule has 128 valence electrons. The molecule has 7 heteroatoms. The summed E-state index contributed by atoms with van der Waals surface area (Å²) in [6, 6.07) is 9.93. The van der Waals surface area contributed by atoms with Crippen LogP contribution >= 0.6 is 12.2 Å². The van der Waals surface area contributed by atoms with E-state index in [0.717, 1.165) is 10.5 Å². The number of rotatable bonds is 5. The fraction of sp³-hybridized carbons (Fsp3) is 0.167. The Bertz CT molecular complexity index is 867. The maximum absolute atomic E-state index is 12.9. The van der Waals surface area contributed by atoms with Gasteiger partial charge in [-0.3, -0.25) is 14.5 Å². The fourth-order valence-corrected chi connectivity index (χ4v) is 2.66. The lowest BCUT2D eigenvalue weighted by Gasteiger charge is -2.20. The quantitative estimate of drug-likeness (QED) is 0.657. The Hall–Kier alpha value is -2.80. The molecule has 0 aliphatic carbocycles. The molecule has 1 atom stereocenters. The van der Waals surface area contributed by atoms with Gasteiger partial charge in [0.15, 0.2) is 0 Å². The van der Waals surface area contributed by atoms with Gasteiger partial charge in [0, 0.05) is 0 Å². The van der Waals surface area contributed by atoms with E-state index in [2.05, 4.69) is 0 Å². The first-order valence-corrected chi connectivity index (χ1v) is 7.98. The third kappa shape index (κ3) is 3.23. The number of thiocarbonyl (C=S) groups is 1. The number of halogens is 1. The Kier molecular flexibility index (Phi) is 4.50. The molecule has 1 aliphatic rings. The minimum atomic E-state index is -0.661. The Morgan fingerprint density at radius 2 is 1.80 bits per heavy atom. The monoisotopic (exact) mass is 358 g/mol. The van der Waals surface area contributed by atoms with Gasteiger partial charge in [0.05, 0.1) is 22.2 Å². The molecule has 3 rings (SSSR count). The molecule has 0 bridgehead atoms. The Morgan fingerprint density at radius 3 is 2.44 bits per heavy atom. The van der Waals surface area contributed by atoms with E-state index in [1.807, 2.05) is 0 Å². The average Bonchev–Trinajstić information content (AvgIpc) is 2.84. The molecule has 2 aromatic carbocycles. The third-order valence-corrected chi connectivity index (χ3v) is 4.35. The molecular weight excluding hydrogens is 343 g/mol. The predicted octanol–water partition coefficient (Wildman–Crippen LogP) is 2.68. The van der Waals surface area contributed by atoms with Crippen LogP contribution in [0.1, 0.15) is 33.2 Å². The highest BCUT2D eigenvalue weighted by Crippen LogP contribution is 2.28. The van der Waals surface area contributed by atoms with Gasteiger partial charge in [0.25, 0.3) is 11.8 Å². The molecule has 0 aromatic heterocycles. The highest BCUT2D eigenvalue weighted by atomic mass is 32.1. The minimum Gasteiger partial charge on any atom is -0.489 e. The number of hydrogen-bond acceptors (Lipinski definition) is 4. The predicted molar refractivity (Wildman–Crippen MR) is 93.9 cm³/mol. The number of ether oxygens (including phenoxy) is 1. The minimum absolute atomic E-state index is 0.0716. The van der Waals surface area contributed by atoms with Crippen LogP contribution in [0.5, 0.6) is 5.75 Å². The van der Waals surface area contributed by atoms with Gasteiger partial charge in [0.2, 0.25) is 0 Å². The normalized spacial score (nSPS) is 14.4. The zero-order valence-electron chi connectivity index (χ0n) is 13.4. The zero-order chi connectivity index (χ0) is 18.1. The van der Waals surface area contributed by atoms with Crippen LogP contribution in [0.15, 0.2) is 42.5 Å². The van der Waals surface area contributed by atoms with Gasteiger partial charge >= 0.3 is 0 Å². The molecule has 1 unspecified atom stereocenters. The molecule has 0 saturated heterocycles. The standard InChI is InChI=1S/C18H15FN2O3S/c1-10(16(20)25)21-17(22)14-7-6-13(8-15(14)18(21)23)24-9-11-2-4-12(19)5-3-11/h2-8,10H,9H2,1H3,(H2,20,25). The lowest BCUT2D eigenvalue weighted by Crippen LogP contribution is -2.45. The molecule has 5 nitrogen and oxygen atoms in total. The summed E-state index contributed by atoms with van der Waals surface area (Å²) in [7, 11) is 0. The number of nitrogens with zero attached hydrogens (tertiary/aromatic N) is 1. The van der Waals surface area contributed by atoms with Crippen molar-refractivity contribution >= 4 is 29.0 Å². The van der Waals surface area contributed by atoms with Crippen molar-refractivity contribution in [1.29, 1.82) is 0 Å². The SMILES string of the molecule is CC(C(N)=S)N1C(=O)c2ccc(OCc3ccc(F)cc3)cc2C1=O. The lowest BCUT2D eigenvalue weighted by atomic mass is 10.1. The largest absolute Gasteiger partial charge is 0.489 e.